The fraction of sp³-hybridized carbons (Fsp3) is 0.619. The Balaban J connectivity index is 1.61. The van der Waals surface area contributed by atoms with Crippen molar-refractivity contribution in [2.45, 2.75) is 46.1 Å². The van der Waals surface area contributed by atoms with Crippen LogP contribution < -0.4 is 5.32 Å². The average molecular weight is 376 g/mol. The van der Waals surface area contributed by atoms with Gasteiger partial charge in [0, 0.05) is 13.1 Å². The molecule has 27 heavy (non-hydrogen) atoms. The number of carboxylic acid groups (broad SMARTS) is 1. The molecule has 1 aliphatic rings. The number of rotatable bonds is 9. The summed E-state index contributed by atoms with van der Waals surface area (Å²) in [4.78, 5) is 25.0. The van der Waals surface area contributed by atoms with Gasteiger partial charge in [0.15, 0.2) is 0 Å². The van der Waals surface area contributed by atoms with Crippen LogP contribution in [-0.2, 0) is 11.3 Å². The van der Waals surface area contributed by atoms with E-state index in [1.807, 2.05) is 12.1 Å². The first-order valence-corrected chi connectivity index (χ1v) is 9.89. The first-order chi connectivity index (χ1) is 12.9. The summed E-state index contributed by atoms with van der Waals surface area (Å²) >= 11 is 0. The van der Waals surface area contributed by atoms with Crippen LogP contribution >= 0.6 is 0 Å². The highest BCUT2D eigenvalue weighted by Gasteiger charge is 2.20. The number of nitrogens with zero attached hydrogens (tertiary/aromatic N) is 1. The first kappa shape index (κ1) is 21.2. The van der Waals surface area contributed by atoms with Crippen LogP contribution in [0.15, 0.2) is 24.3 Å². The van der Waals surface area contributed by atoms with Gasteiger partial charge in [0.2, 0.25) is 0 Å². The Morgan fingerprint density at radius 1 is 1.22 bits per heavy atom. The second-order valence-corrected chi connectivity index (χ2v) is 7.78. The third-order valence-electron chi connectivity index (χ3n) is 4.99. The highest BCUT2D eigenvalue weighted by Crippen LogP contribution is 2.19. The van der Waals surface area contributed by atoms with Gasteiger partial charge in [-0.05, 0) is 68.3 Å². The number of carbonyl (C=O) groups excluding carboxylic acids is 1. The number of amides is 1. The van der Waals surface area contributed by atoms with E-state index in [-0.39, 0.29) is 6.09 Å². The van der Waals surface area contributed by atoms with Gasteiger partial charge >= 0.3 is 12.1 Å². The molecule has 6 heteroatoms. The molecule has 0 spiro atoms. The zero-order valence-electron chi connectivity index (χ0n) is 16.4. The quantitative estimate of drug-likeness (QED) is 0.642. The zero-order valence-corrected chi connectivity index (χ0v) is 16.4. The number of ether oxygens (including phenoxy) is 1. The number of carbonyl (C=O) groups is 2. The van der Waals surface area contributed by atoms with Crippen LogP contribution in [0.3, 0.4) is 0 Å². The van der Waals surface area contributed by atoms with Gasteiger partial charge in [0.25, 0.3) is 0 Å². The highest BCUT2D eigenvalue weighted by molar-refractivity contribution is 5.87. The molecule has 6 nitrogen and oxygen atoms in total. The summed E-state index contributed by atoms with van der Waals surface area (Å²) in [5.41, 5.74) is 1.44. The van der Waals surface area contributed by atoms with Crippen LogP contribution in [0.4, 0.5) is 4.79 Å². The normalized spacial score (nSPS) is 15.7. The smallest absolute Gasteiger partial charge is 0.407 e. The highest BCUT2D eigenvalue weighted by atomic mass is 16.5. The molecule has 1 heterocycles. The Hall–Kier alpha value is -2.08. The number of likely N-dealkylation sites (tertiary alicyclic amines) is 1. The number of hydrogen-bond acceptors (Lipinski definition) is 4. The number of carboxylic acids is 1. The second-order valence-electron chi connectivity index (χ2n) is 7.78. The topological polar surface area (TPSA) is 78.9 Å². The molecule has 0 atom stereocenters. The molecule has 2 rings (SSSR count). The van der Waals surface area contributed by atoms with Crippen molar-refractivity contribution in [3.05, 3.63) is 35.4 Å². The lowest BCUT2D eigenvalue weighted by atomic mass is 9.97. The van der Waals surface area contributed by atoms with Crippen molar-refractivity contribution >= 4 is 12.1 Å². The van der Waals surface area contributed by atoms with Crippen LogP contribution in [0.2, 0.25) is 0 Å². The van der Waals surface area contributed by atoms with E-state index in [2.05, 4.69) is 24.1 Å². The van der Waals surface area contributed by atoms with Crippen molar-refractivity contribution in [3.63, 3.8) is 0 Å². The van der Waals surface area contributed by atoms with E-state index in [1.165, 1.54) is 0 Å². The van der Waals surface area contributed by atoms with Gasteiger partial charge in [-0.1, -0.05) is 26.0 Å². The number of alkyl carbamates (subject to hydrolysis) is 1. The molecule has 0 aliphatic carbocycles. The maximum atomic E-state index is 11.7. The fourth-order valence-electron chi connectivity index (χ4n) is 3.27. The zero-order chi connectivity index (χ0) is 19.6. The van der Waals surface area contributed by atoms with Crippen molar-refractivity contribution in [2.24, 2.45) is 11.8 Å². The van der Waals surface area contributed by atoms with Gasteiger partial charge in [-0.3, -0.25) is 4.90 Å². The molecule has 0 bridgehead atoms. The third kappa shape index (κ3) is 7.99. The van der Waals surface area contributed by atoms with Crippen molar-refractivity contribution < 1.29 is 19.4 Å². The Labute approximate surface area is 161 Å². The molecule has 1 saturated heterocycles. The summed E-state index contributed by atoms with van der Waals surface area (Å²) in [6.45, 7) is 8.26. The maximum absolute atomic E-state index is 11.7. The monoisotopic (exact) mass is 376 g/mol. The lowest BCUT2D eigenvalue weighted by Crippen LogP contribution is -2.36. The molecular formula is C21H32N2O4. The summed E-state index contributed by atoms with van der Waals surface area (Å²) in [7, 11) is 0. The standard InChI is InChI=1S/C21H32N2O4/c1-16(2)4-3-11-22-21(26)27-15-18-9-12-23(13-10-18)14-17-5-7-19(8-6-17)20(24)25/h5-8,16,18H,3-4,9-15H2,1-2H3,(H,22,26)(H,24,25). The lowest BCUT2D eigenvalue weighted by Gasteiger charge is -2.31. The predicted octanol–water partition coefficient (Wildman–Crippen LogP) is 3.76. The van der Waals surface area contributed by atoms with E-state index in [9.17, 15) is 9.59 Å². The molecule has 0 saturated carbocycles. The predicted molar refractivity (Wildman–Crippen MR) is 105 cm³/mol. The molecule has 2 N–H and O–H groups in total. The van der Waals surface area contributed by atoms with E-state index in [1.54, 1.807) is 12.1 Å². The minimum atomic E-state index is -0.897. The number of benzene rings is 1. The molecule has 150 valence electrons. The fourth-order valence-corrected chi connectivity index (χ4v) is 3.27. The number of nitrogens with one attached hydrogen (secondary N) is 1. The molecule has 1 amide bonds. The van der Waals surface area contributed by atoms with E-state index in [4.69, 9.17) is 9.84 Å². The van der Waals surface area contributed by atoms with Crippen molar-refractivity contribution in [1.29, 1.82) is 0 Å². The van der Waals surface area contributed by atoms with E-state index < -0.39 is 5.97 Å². The van der Waals surface area contributed by atoms with Gasteiger partial charge in [0.05, 0.1) is 12.2 Å². The summed E-state index contributed by atoms with van der Waals surface area (Å²) in [6, 6.07) is 7.06. The van der Waals surface area contributed by atoms with E-state index >= 15 is 0 Å². The third-order valence-corrected chi connectivity index (χ3v) is 4.99. The van der Waals surface area contributed by atoms with Crippen LogP contribution in [0, 0.1) is 11.8 Å². The summed E-state index contributed by atoms with van der Waals surface area (Å²) in [5.74, 6) is 0.173. The summed E-state index contributed by atoms with van der Waals surface area (Å²) in [5, 5.41) is 11.8. The van der Waals surface area contributed by atoms with Crippen LogP contribution in [0.25, 0.3) is 0 Å². The Kier molecular flexibility index (Phi) is 8.58. The number of aromatic carboxylic acids is 1. The summed E-state index contributed by atoms with van der Waals surface area (Å²) in [6.07, 6.45) is 3.80. The van der Waals surface area contributed by atoms with Crippen LogP contribution in [-0.4, -0.2) is 48.3 Å². The second kappa shape index (κ2) is 10.9. The van der Waals surface area contributed by atoms with Gasteiger partial charge < -0.3 is 15.2 Å². The number of piperidine rings is 1. The van der Waals surface area contributed by atoms with Crippen molar-refractivity contribution in [3.8, 4) is 0 Å². The average Bonchev–Trinajstić information content (AvgIpc) is 2.65. The molecule has 1 fully saturated rings. The molecule has 1 aromatic rings. The van der Waals surface area contributed by atoms with Gasteiger partial charge in [-0.15, -0.1) is 0 Å². The maximum Gasteiger partial charge on any atom is 0.407 e. The van der Waals surface area contributed by atoms with Crippen LogP contribution in [0.1, 0.15) is 55.5 Å². The number of hydrogen-bond donors (Lipinski definition) is 2. The molecule has 1 aromatic carbocycles. The SMILES string of the molecule is CC(C)CCCNC(=O)OCC1CCN(Cc2ccc(C(=O)O)cc2)CC1. The van der Waals surface area contributed by atoms with Crippen molar-refractivity contribution in [1.82, 2.24) is 10.2 Å². The van der Waals surface area contributed by atoms with E-state index in [0.717, 1.165) is 50.9 Å². The van der Waals surface area contributed by atoms with Crippen LogP contribution in [0.5, 0.6) is 0 Å². The van der Waals surface area contributed by atoms with Crippen molar-refractivity contribution in [2.75, 3.05) is 26.2 Å². The molecule has 0 unspecified atom stereocenters. The van der Waals surface area contributed by atoms with Gasteiger partial charge in [0.1, 0.15) is 0 Å². The minimum Gasteiger partial charge on any atom is -0.478 e. The Morgan fingerprint density at radius 2 is 1.89 bits per heavy atom. The lowest BCUT2D eigenvalue weighted by molar-refractivity contribution is 0.0696. The van der Waals surface area contributed by atoms with Gasteiger partial charge in [-0.25, -0.2) is 9.59 Å². The minimum absolute atomic E-state index is 0.306. The molecule has 1 aliphatic heterocycles. The Morgan fingerprint density at radius 3 is 2.48 bits per heavy atom. The molecular weight excluding hydrogens is 344 g/mol. The molecule has 0 aromatic heterocycles. The largest absolute Gasteiger partial charge is 0.478 e. The first-order valence-electron chi connectivity index (χ1n) is 9.89. The molecule has 0 radical (unpaired) electrons. The summed E-state index contributed by atoms with van der Waals surface area (Å²) < 4.78 is 5.35. The van der Waals surface area contributed by atoms with E-state index in [0.29, 0.717) is 30.6 Å². The Bertz CT molecular complexity index is 593. The van der Waals surface area contributed by atoms with Gasteiger partial charge in [-0.2, -0.15) is 0 Å².